The molecule has 3 unspecified atom stereocenters. The summed E-state index contributed by atoms with van der Waals surface area (Å²) in [4.78, 5) is 12.3. The lowest BCUT2D eigenvalue weighted by molar-refractivity contribution is -0.142. The summed E-state index contributed by atoms with van der Waals surface area (Å²) in [5.74, 6) is -1.82. The van der Waals surface area contributed by atoms with Gasteiger partial charge in [0.2, 0.25) is 5.91 Å². The smallest absolute Gasteiger partial charge is 0.228 e. The van der Waals surface area contributed by atoms with Gasteiger partial charge in [-0.25, -0.2) is 4.39 Å². The van der Waals surface area contributed by atoms with Crippen LogP contribution in [0.3, 0.4) is 0 Å². The lowest BCUT2D eigenvalue weighted by Crippen LogP contribution is -2.48. The number of hydrogen-bond acceptors (Lipinski definition) is 3. The van der Waals surface area contributed by atoms with Gasteiger partial charge in [0, 0.05) is 0 Å². The van der Waals surface area contributed by atoms with E-state index in [9.17, 15) is 9.18 Å². The molecule has 146 valence electrons. The molecule has 1 saturated carbocycles. The molecular weight excluding hydrogens is 343 g/mol. The van der Waals surface area contributed by atoms with Crippen LogP contribution in [0.25, 0.3) is 0 Å². The largest absolute Gasteiger partial charge is 0.397 e. The van der Waals surface area contributed by atoms with E-state index in [-0.39, 0.29) is 11.8 Å². The van der Waals surface area contributed by atoms with Gasteiger partial charge >= 0.3 is 0 Å². The molecule has 0 aliphatic heterocycles. The normalized spacial score (nSPS) is 27.6. The van der Waals surface area contributed by atoms with E-state index in [2.05, 4.69) is 0 Å². The molecule has 2 aliphatic carbocycles. The van der Waals surface area contributed by atoms with Crippen LogP contribution in [0.5, 0.6) is 0 Å². The predicted octanol–water partition coefficient (Wildman–Crippen LogP) is 3.99. The molecule has 0 heterocycles. The van der Waals surface area contributed by atoms with Crippen molar-refractivity contribution in [2.75, 3.05) is 0 Å². The quantitative estimate of drug-likeness (QED) is 0.820. The number of benzene rings is 1. The number of amides is 1. The summed E-state index contributed by atoms with van der Waals surface area (Å²) in [6.07, 6.45) is 8.44. The van der Waals surface area contributed by atoms with Crippen LogP contribution in [0.2, 0.25) is 0 Å². The predicted molar refractivity (Wildman–Crippen MR) is 104 cm³/mol. The van der Waals surface area contributed by atoms with E-state index in [0.717, 1.165) is 24.0 Å². The first-order chi connectivity index (χ1) is 12.8. The topological polar surface area (TPSA) is 78.3 Å². The molecule has 2 aliphatic rings. The zero-order valence-electron chi connectivity index (χ0n) is 16.1. The molecule has 0 spiro atoms. The van der Waals surface area contributed by atoms with Gasteiger partial charge in [-0.05, 0) is 55.9 Å². The summed E-state index contributed by atoms with van der Waals surface area (Å²) in [7, 11) is 0. The second-order valence-corrected chi connectivity index (χ2v) is 7.82. The van der Waals surface area contributed by atoms with Crippen LogP contribution in [-0.4, -0.2) is 12.0 Å². The maximum Gasteiger partial charge on any atom is 0.228 e. The first kappa shape index (κ1) is 19.6. The summed E-state index contributed by atoms with van der Waals surface area (Å²) < 4.78 is 20.9. The van der Waals surface area contributed by atoms with Gasteiger partial charge in [-0.15, -0.1) is 0 Å². The molecule has 4 nitrogen and oxygen atoms in total. The Bertz CT molecular complexity index is 767. The fourth-order valence-corrected chi connectivity index (χ4v) is 4.48. The molecule has 3 rings (SSSR count). The zero-order valence-corrected chi connectivity index (χ0v) is 16.1. The van der Waals surface area contributed by atoms with E-state index in [0.29, 0.717) is 5.92 Å². The highest BCUT2D eigenvalue weighted by atomic mass is 19.1. The standard InChI is InChI=1S/C22H29FN2O2/c1-14-8-6-7-11-17(14)22(27-15(2)16-9-4-3-5-10-16)13-20(24)19(23)12-18(22)21(25)26/h6-8,11-13,15-16,18H,3-5,9-10,24H2,1-2H3,(H2,25,26). The Hall–Kier alpha value is -2.14. The van der Waals surface area contributed by atoms with Crippen LogP contribution in [0, 0.1) is 18.8 Å². The molecule has 1 aromatic carbocycles. The van der Waals surface area contributed by atoms with E-state index >= 15 is 0 Å². The highest BCUT2D eigenvalue weighted by Gasteiger charge is 2.47. The number of ether oxygens (including phenoxy) is 1. The Kier molecular flexibility index (Phi) is 5.70. The molecular formula is C22H29FN2O2. The third-order valence-corrected chi connectivity index (χ3v) is 5.99. The summed E-state index contributed by atoms with van der Waals surface area (Å²) in [5, 5.41) is 0. The van der Waals surface area contributed by atoms with Gasteiger partial charge in [0.15, 0.2) is 0 Å². The second-order valence-electron chi connectivity index (χ2n) is 7.82. The van der Waals surface area contributed by atoms with E-state index in [1.807, 2.05) is 38.1 Å². The molecule has 4 N–H and O–H groups in total. The van der Waals surface area contributed by atoms with Crippen molar-refractivity contribution in [2.45, 2.75) is 57.7 Å². The van der Waals surface area contributed by atoms with Crippen molar-refractivity contribution < 1.29 is 13.9 Å². The first-order valence-corrected chi connectivity index (χ1v) is 9.74. The van der Waals surface area contributed by atoms with Gasteiger partial charge < -0.3 is 16.2 Å². The summed E-state index contributed by atoms with van der Waals surface area (Å²) in [6, 6.07) is 7.65. The SMILES string of the molecule is Cc1ccccc1C1(OC(C)C2CCCCC2)C=C(N)C(F)=CC1C(N)=O. The van der Waals surface area contributed by atoms with Gasteiger partial charge in [0.25, 0.3) is 0 Å². The van der Waals surface area contributed by atoms with Crippen molar-refractivity contribution in [3.05, 3.63) is 59.1 Å². The van der Waals surface area contributed by atoms with Gasteiger partial charge in [0.05, 0.1) is 17.7 Å². The number of primary amides is 1. The highest BCUT2D eigenvalue weighted by Crippen LogP contribution is 2.45. The molecule has 3 atom stereocenters. The number of aryl methyl sites for hydroxylation is 1. The van der Waals surface area contributed by atoms with Gasteiger partial charge in [-0.1, -0.05) is 43.5 Å². The summed E-state index contributed by atoms with van der Waals surface area (Å²) in [5.41, 5.74) is 12.2. The molecule has 1 fully saturated rings. The Morgan fingerprint density at radius 2 is 1.93 bits per heavy atom. The number of rotatable bonds is 5. The monoisotopic (exact) mass is 372 g/mol. The number of carbonyl (C=O) groups excluding carboxylic acids is 1. The van der Waals surface area contributed by atoms with Crippen molar-refractivity contribution >= 4 is 5.91 Å². The highest BCUT2D eigenvalue weighted by molar-refractivity contribution is 5.82. The zero-order chi connectivity index (χ0) is 19.6. The number of nitrogens with two attached hydrogens (primary N) is 2. The van der Waals surface area contributed by atoms with E-state index in [1.165, 1.54) is 25.3 Å². The summed E-state index contributed by atoms with van der Waals surface area (Å²) >= 11 is 0. The Labute approximate surface area is 160 Å². The minimum atomic E-state index is -1.20. The lowest BCUT2D eigenvalue weighted by atomic mass is 9.74. The van der Waals surface area contributed by atoms with Crippen molar-refractivity contribution in [2.24, 2.45) is 23.3 Å². The molecule has 1 aromatic rings. The molecule has 0 saturated heterocycles. The first-order valence-electron chi connectivity index (χ1n) is 9.74. The number of allylic oxidation sites excluding steroid dienone is 1. The Morgan fingerprint density at radius 1 is 1.26 bits per heavy atom. The van der Waals surface area contributed by atoms with Crippen molar-refractivity contribution in [1.29, 1.82) is 0 Å². The van der Waals surface area contributed by atoms with Crippen LogP contribution < -0.4 is 11.5 Å². The Balaban J connectivity index is 2.09. The average Bonchev–Trinajstić information content (AvgIpc) is 2.65. The minimum absolute atomic E-state index is 0.0217. The second kappa shape index (κ2) is 7.85. The third-order valence-electron chi connectivity index (χ3n) is 5.99. The van der Waals surface area contributed by atoms with Crippen LogP contribution in [0.15, 0.2) is 47.9 Å². The van der Waals surface area contributed by atoms with Crippen LogP contribution >= 0.6 is 0 Å². The van der Waals surface area contributed by atoms with Crippen molar-refractivity contribution in [1.82, 2.24) is 0 Å². The summed E-state index contributed by atoms with van der Waals surface area (Å²) in [6.45, 7) is 3.98. The van der Waals surface area contributed by atoms with Crippen molar-refractivity contribution in [3.63, 3.8) is 0 Å². The minimum Gasteiger partial charge on any atom is -0.397 e. The average molecular weight is 372 g/mol. The number of halogens is 1. The van der Waals surface area contributed by atoms with Crippen LogP contribution in [-0.2, 0) is 15.1 Å². The lowest BCUT2D eigenvalue weighted by Gasteiger charge is -2.43. The van der Waals surface area contributed by atoms with Crippen LogP contribution in [0.1, 0.15) is 50.2 Å². The molecule has 0 aromatic heterocycles. The van der Waals surface area contributed by atoms with E-state index in [4.69, 9.17) is 16.2 Å². The maximum absolute atomic E-state index is 14.2. The van der Waals surface area contributed by atoms with Gasteiger partial charge in [0.1, 0.15) is 11.4 Å². The van der Waals surface area contributed by atoms with Gasteiger partial charge in [-0.3, -0.25) is 4.79 Å². The maximum atomic E-state index is 14.2. The molecule has 0 bridgehead atoms. The van der Waals surface area contributed by atoms with Gasteiger partial charge in [-0.2, -0.15) is 0 Å². The van der Waals surface area contributed by atoms with Crippen molar-refractivity contribution in [3.8, 4) is 0 Å². The third kappa shape index (κ3) is 3.79. The molecule has 0 radical (unpaired) electrons. The van der Waals surface area contributed by atoms with Crippen LogP contribution in [0.4, 0.5) is 4.39 Å². The van der Waals surface area contributed by atoms with E-state index < -0.39 is 23.3 Å². The molecule has 5 heteroatoms. The fraction of sp³-hybridized carbons (Fsp3) is 0.500. The van der Waals surface area contributed by atoms with E-state index in [1.54, 1.807) is 6.08 Å². The number of carbonyl (C=O) groups is 1. The molecule has 27 heavy (non-hydrogen) atoms. The molecule has 1 amide bonds. The number of hydrogen-bond donors (Lipinski definition) is 2. The fourth-order valence-electron chi connectivity index (χ4n) is 4.48. The Morgan fingerprint density at radius 3 is 2.56 bits per heavy atom.